The Balaban J connectivity index is 3.30. The number of ether oxygens (including phenoxy) is 2. The van der Waals surface area contributed by atoms with E-state index in [1.165, 1.54) is 0 Å². The lowest BCUT2D eigenvalue weighted by Crippen LogP contribution is -2.49. The van der Waals surface area contributed by atoms with Crippen molar-refractivity contribution in [1.82, 2.24) is 5.32 Å². The van der Waals surface area contributed by atoms with E-state index in [-0.39, 0.29) is 50.9 Å². The molecule has 38 heavy (non-hydrogen) atoms. The monoisotopic (exact) mass is 564 g/mol. The number of nitrogens with zero attached hydrogens (tertiary/aromatic N) is 1. The number of aliphatic hydroxyl groups is 1. The molecule has 0 aliphatic rings. The summed E-state index contributed by atoms with van der Waals surface area (Å²) in [4.78, 5) is 38.6. The molecule has 10 heteroatoms. The largest absolute Gasteiger partial charge is 0.462 e. The number of hydrogen-bond acceptors (Lipinski definition) is 9. The van der Waals surface area contributed by atoms with Crippen LogP contribution in [0.5, 0.6) is 0 Å². The SMILES string of the molecule is CCCC(=O)OCCOC(=O)C(C)(CC(C)(CC(C)(C)C#N)C(=O)NCC(C)O)SC(=S)c1ccccc1. The summed E-state index contributed by atoms with van der Waals surface area (Å²) < 4.78 is 9.75. The number of thioether (sulfide) groups is 1. The van der Waals surface area contributed by atoms with Gasteiger partial charge in [-0.15, -0.1) is 0 Å². The number of thiocarbonyl (C=S) groups is 1. The van der Waals surface area contributed by atoms with Crippen LogP contribution in [0, 0.1) is 22.2 Å². The van der Waals surface area contributed by atoms with Crippen molar-refractivity contribution >= 4 is 46.0 Å². The molecule has 1 amide bonds. The molecule has 0 heterocycles. The molecule has 0 aromatic heterocycles. The van der Waals surface area contributed by atoms with Gasteiger partial charge in [0.1, 0.15) is 18.0 Å². The molecule has 2 N–H and O–H groups in total. The van der Waals surface area contributed by atoms with Crippen LogP contribution in [0.3, 0.4) is 0 Å². The summed E-state index contributed by atoms with van der Waals surface area (Å²) in [5.74, 6) is -1.37. The third kappa shape index (κ3) is 11.1. The molecular formula is C28H40N2O6S2. The Bertz CT molecular complexity index is 1010. The smallest absolute Gasteiger partial charge is 0.322 e. The Morgan fingerprint density at radius 2 is 1.71 bits per heavy atom. The third-order valence-corrected chi connectivity index (χ3v) is 7.43. The highest BCUT2D eigenvalue weighted by Gasteiger charge is 2.49. The van der Waals surface area contributed by atoms with E-state index < -0.39 is 27.7 Å². The fraction of sp³-hybridized carbons (Fsp3) is 0.607. The summed E-state index contributed by atoms with van der Waals surface area (Å²) in [6.45, 7) is 10.1. The second-order valence-electron chi connectivity index (χ2n) is 10.6. The average molecular weight is 565 g/mol. The number of carbonyl (C=O) groups excluding carboxylic acids is 3. The van der Waals surface area contributed by atoms with Crippen LogP contribution in [0.2, 0.25) is 0 Å². The van der Waals surface area contributed by atoms with E-state index in [2.05, 4.69) is 11.4 Å². The van der Waals surface area contributed by atoms with Gasteiger partial charge < -0.3 is 19.9 Å². The van der Waals surface area contributed by atoms with Gasteiger partial charge in [-0.25, -0.2) is 0 Å². The molecular weight excluding hydrogens is 524 g/mol. The minimum absolute atomic E-state index is 0.00283. The molecule has 0 aliphatic heterocycles. The highest BCUT2D eigenvalue weighted by Crippen LogP contribution is 2.45. The number of benzene rings is 1. The van der Waals surface area contributed by atoms with Crippen LogP contribution in [0.1, 0.15) is 72.8 Å². The first kappa shape index (κ1) is 33.5. The summed E-state index contributed by atoms with van der Waals surface area (Å²) >= 11 is 6.78. The van der Waals surface area contributed by atoms with Crippen molar-refractivity contribution in [2.24, 2.45) is 10.8 Å². The van der Waals surface area contributed by atoms with E-state index in [4.69, 9.17) is 21.7 Å². The zero-order valence-corrected chi connectivity index (χ0v) is 24.8. The van der Waals surface area contributed by atoms with E-state index in [0.29, 0.717) is 10.6 Å². The van der Waals surface area contributed by atoms with Crippen LogP contribution in [-0.2, 0) is 23.9 Å². The molecule has 0 fully saturated rings. The molecule has 0 aliphatic carbocycles. The second kappa shape index (κ2) is 15.2. The summed E-state index contributed by atoms with van der Waals surface area (Å²) in [5.41, 5.74) is -1.31. The molecule has 8 nitrogen and oxygen atoms in total. The third-order valence-electron chi connectivity index (χ3n) is 5.76. The lowest BCUT2D eigenvalue weighted by Gasteiger charge is -2.39. The Kier molecular flexibility index (Phi) is 13.4. The van der Waals surface area contributed by atoms with Crippen LogP contribution in [-0.4, -0.2) is 57.8 Å². The zero-order chi connectivity index (χ0) is 29.0. The van der Waals surface area contributed by atoms with Crippen LogP contribution < -0.4 is 5.32 Å². The van der Waals surface area contributed by atoms with Gasteiger partial charge in [-0.2, -0.15) is 5.26 Å². The quantitative estimate of drug-likeness (QED) is 0.179. The van der Waals surface area contributed by atoms with Crippen molar-refractivity contribution in [1.29, 1.82) is 5.26 Å². The molecule has 3 atom stereocenters. The number of carbonyl (C=O) groups is 3. The van der Waals surface area contributed by atoms with E-state index in [0.717, 1.165) is 17.3 Å². The van der Waals surface area contributed by atoms with Crippen molar-refractivity contribution in [2.45, 2.75) is 78.1 Å². The summed E-state index contributed by atoms with van der Waals surface area (Å²) in [6.07, 6.45) is 0.320. The minimum atomic E-state index is -1.32. The van der Waals surface area contributed by atoms with Gasteiger partial charge in [0.05, 0.1) is 21.8 Å². The average Bonchev–Trinajstić information content (AvgIpc) is 2.85. The van der Waals surface area contributed by atoms with Gasteiger partial charge in [-0.1, -0.05) is 68.2 Å². The first-order chi connectivity index (χ1) is 17.7. The van der Waals surface area contributed by atoms with Crippen molar-refractivity contribution in [2.75, 3.05) is 19.8 Å². The zero-order valence-electron chi connectivity index (χ0n) is 23.2. The Labute approximate surface area is 235 Å². The number of hydrogen-bond donors (Lipinski definition) is 2. The number of esters is 2. The molecule has 1 rings (SSSR count). The van der Waals surface area contributed by atoms with Crippen molar-refractivity contribution < 1.29 is 29.0 Å². The fourth-order valence-electron chi connectivity index (χ4n) is 4.14. The lowest BCUT2D eigenvalue weighted by molar-refractivity contribution is -0.154. The van der Waals surface area contributed by atoms with E-state index in [1.54, 1.807) is 34.6 Å². The number of nitrogens with one attached hydrogen (secondary N) is 1. The Hall–Kier alpha value is -2.48. The normalized spacial score (nSPS) is 15.2. The van der Waals surface area contributed by atoms with Gasteiger partial charge in [-0.3, -0.25) is 14.4 Å². The van der Waals surface area contributed by atoms with E-state index >= 15 is 0 Å². The Morgan fingerprint density at radius 1 is 1.11 bits per heavy atom. The van der Waals surface area contributed by atoms with Crippen LogP contribution in [0.15, 0.2) is 30.3 Å². The molecule has 0 radical (unpaired) electrons. The van der Waals surface area contributed by atoms with Gasteiger partial charge >= 0.3 is 11.9 Å². The van der Waals surface area contributed by atoms with Crippen molar-refractivity contribution in [3.8, 4) is 6.07 Å². The minimum Gasteiger partial charge on any atom is -0.462 e. The molecule has 3 unspecified atom stereocenters. The van der Waals surface area contributed by atoms with Gasteiger partial charge in [0.2, 0.25) is 5.91 Å². The molecule has 0 saturated heterocycles. The van der Waals surface area contributed by atoms with Crippen LogP contribution >= 0.6 is 24.0 Å². The first-order valence-corrected chi connectivity index (χ1v) is 13.9. The highest BCUT2D eigenvalue weighted by atomic mass is 32.2. The maximum atomic E-state index is 13.5. The van der Waals surface area contributed by atoms with Gasteiger partial charge in [0, 0.05) is 18.4 Å². The first-order valence-electron chi connectivity index (χ1n) is 12.7. The van der Waals surface area contributed by atoms with Gasteiger partial charge in [0.25, 0.3) is 0 Å². The second-order valence-corrected chi connectivity index (χ2v) is 12.7. The standard InChI is InChI=1S/C28H40N2O6S2/c1-7-11-22(32)35-14-15-36-25(34)28(6,38-23(37)21-12-9-8-10-13-21)18-27(5,17-26(3,4)19-29)24(33)30-16-20(2)31/h8-10,12-13,20,31H,7,11,14-18H2,1-6H3,(H,30,33). The Morgan fingerprint density at radius 3 is 2.26 bits per heavy atom. The van der Waals surface area contributed by atoms with Gasteiger partial charge in [0.15, 0.2) is 0 Å². The number of amides is 1. The number of aliphatic hydroxyl groups excluding tert-OH is 1. The van der Waals surface area contributed by atoms with Crippen molar-refractivity contribution in [3.63, 3.8) is 0 Å². The van der Waals surface area contributed by atoms with Crippen LogP contribution in [0.4, 0.5) is 0 Å². The molecule has 1 aromatic rings. The number of nitriles is 1. The molecule has 0 spiro atoms. The number of rotatable bonds is 15. The summed E-state index contributed by atoms with van der Waals surface area (Å²) in [7, 11) is 0. The topological polar surface area (TPSA) is 126 Å². The molecule has 1 aromatic carbocycles. The summed E-state index contributed by atoms with van der Waals surface area (Å²) in [6, 6.07) is 11.4. The molecule has 210 valence electrons. The van der Waals surface area contributed by atoms with E-state index in [1.807, 2.05) is 37.3 Å². The fourth-order valence-corrected chi connectivity index (χ4v) is 6.03. The van der Waals surface area contributed by atoms with Crippen molar-refractivity contribution in [3.05, 3.63) is 35.9 Å². The van der Waals surface area contributed by atoms with Crippen LogP contribution in [0.25, 0.3) is 0 Å². The maximum absolute atomic E-state index is 13.5. The highest BCUT2D eigenvalue weighted by molar-refractivity contribution is 8.25. The van der Waals surface area contributed by atoms with Gasteiger partial charge in [-0.05, 0) is 52.5 Å². The predicted molar refractivity (Wildman–Crippen MR) is 152 cm³/mol. The lowest BCUT2D eigenvalue weighted by atomic mass is 9.69. The predicted octanol–water partition coefficient (Wildman–Crippen LogP) is 4.57. The molecule has 0 saturated carbocycles. The van der Waals surface area contributed by atoms with E-state index in [9.17, 15) is 24.8 Å². The maximum Gasteiger partial charge on any atom is 0.322 e. The summed E-state index contributed by atoms with van der Waals surface area (Å²) in [5, 5.41) is 22.2. The molecule has 0 bridgehead atoms.